The third-order valence-electron chi connectivity index (χ3n) is 4.39. The first-order valence-electron chi connectivity index (χ1n) is 8.51. The van der Waals surface area contributed by atoms with Gasteiger partial charge in [-0.25, -0.2) is 4.98 Å². The minimum absolute atomic E-state index is 0.796. The molecule has 2 aromatic rings. The Labute approximate surface area is 139 Å². The molecule has 1 aromatic heterocycles. The van der Waals surface area contributed by atoms with Crippen LogP contribution >= 0.6 is 0 Å². The minimum Gasteiger partial charge on any atom is -0.378 e. The van der Waals surface area contributed by atoms with Crippen LogP contribution in [0.1, 0.15) is 17.5 Å². The van der Waals surface area contributed by atoms with E-state index >= 15 is 0 Å². The molecule has 3 rings (SSSR count). The van der Waals surface area contributed by atoms with Crippen LogP contribution in [0.2, 0.25) is 0 Å². The first-order chi connectivity index (χ1) is 11.1. The zero-order valence-corrected chi connectivity index (χ0v) is 14.5. The van der Waals surface area contributed by atoms with Crippen LogP contribution in [0.15, 0.2) is 24.3 Å². The number of anilines is 1. The summed E-state index contributed by atoms with van der Waals surface area (Å²) in [6.45, 7) is 6.71. The molecule has 4 heteroatoms. The first kappa shape index (κ1) is 16.2. The minimum atomic E-state index is 0.796. The Hall–Kier alpha value is -1.65. The molecule has 0 bridgehead atoms. The molecule has 0 radical (unpaired) electrons. The van der Waals surface area contributed by atoms with Crippen molar-refractivity contribution in [3.63, 3.8) is 0 Å². The van der Waals surface area contributed by atoms with Crippen LogP contribution in [0, 0.1) is 6.92 Å². The number of hydrogen-bond acceptors (Lipinski definition) is 4. The van der Waals surface area contributed by atoms with Crippen LogP contribution < -0.4 is 4.90 Å². The fourth-order valence-electron chi connectivity index (χ4n) is 3.15. The molecule has 23 heavy (non-hydrogen) atoms. The highest BCUT2D eigenvalue weighted by atomic mass is 16.5. The molecule has 0 aliphatic carbocycles. The molecule has 1 aliphatic heterocycles. The summed E-state index contributed by atoms with van der Waals surface area (Å²) < 4.78 is 5.50. The van der Waals surface area contributed by atoms with Crippen molar-refractivity contribution in [1.29, 1.82) is 0 Å². The number of benzene rings is 1. The fraction of sp³-hybridized carbons (Fsp3) is 0.526. The maximum Gasteiger partial charge on any atom is 0.132 e. The number of fused-ring (bicyclic) bond motifs is 1. The van der Waals surface area contributed by atoms with Gasteiger partial charge in [0.2, 0.25) is 0 Å². The van der Waals surface area contributed by atoms with Gasteiger partial charge in [-0.1, -0.05) is 11.6 Å². The zero-order valence-electron chi connectivity index (χ0n) is 14.5. The van der Waals surface area contributed by atoms with E-state index in [2.05, 4.69) is 55.1 Å². The maximum atomic E-state index is 5.50. The number of aromatic nitrogens is 1. The van der Waals surface area contributed by atoms with E-state index < -0.39 is 0 Å². The second-order valence-electron chi connectivity index (χ2n) is 6.67. The fourth-order valence-corrected chi connectivity index (χ4v) is 3.15. The number of pyridine rings is 1. The highest BCUT2D eigenvalue weighted by molar-refractivity contribution is 5.82. The maximum absolute atomic E-state index is 5.50. The van der Waals surface area contributed by atoms with Crippen molar-refractivity contribution in [3.05, 3.63) is 35.4 Å². The summed E-state index contributed by atoms with van der Waals surface area (Å²) in [5.74, 6) is 1.16. The average molecular weight is 313 g/mol. The first-order valence-corrected chi connectivity index (χ1v) is 8.51. The molecule has 124 valence electrons. The number of ether oxygens (including phenoxy) is 1. The molecule has 2 heterocycles. The quantitative estimate of drug-likeness (QED) is 0.849. The van der Waals surface area contributed by atoms with E-state index in [-0.39, 0.29) is 0 Å². The highest BCUT2D eigenvalue weighted by Gasteiger charge is 2.17. The number of hydrogen-bond donors (Lipinski definition) is 0. The summed E-state index contributed by atoms with van der Waals surface area (Å²) in [7, 11) is 4.26. The van der Waals surface area contributed by atoms with Crippen LogP contribution in [0.25, 0.3) is 10.9 Å². The van der Waals surface area contributed by atoms with Crippen molar-refractivity contribution in [1.82, 2.24) is 9.88 Å². The molecule has 0 saturated carbocycles. The van der Waals surface area contributed by atoms with E-state index in [0.717, 1.165) is 57.0 Å². The van der Waals surface area contributed by atoms with Gasteiger partial charge >= 0.3 is 0 Å². The second kappa shape index (κ2) is 7.28. The van der Waals surface area contributed by atoms with E-state index in [9.17, 15) is 0 Å². The normalized spacial score (nSPS) is 15.6. The summed E-state index contributed by atoms with van der Waals surface area (Å²) >= 11 is 0. The lowest BCUT2D eigenvalue weighted by molar-refractivity contribution is 0.122. The number of aryl methyl sites for hydroxylation is 2. The van der Waals surface area contributed by atoms with Gasteiger partial charge in [0, 0.05) is 18.5 Å². The van der Waals surface area contributed by atoms with Crippen LogP contribution in [-0.2, 0) is 11.2 Å². The SMILES string of the molecule is Cc1ccc2nc(N3CCOCC3)c(CCCN(C)C)cc2c1. The lowest BCUT2D eigenvalue weighted by Gasteiger charge is -2.30. The van der Waals surface area contributed by atoms with Gasteiger partial charge in [-0.2, -0.15) is 0 Å². The summed E-state index contributed by atoms with van der Waals surface area (Å²) in [4.78, 5) is 9.62. The van der Waals surface area contributed by atoms with Crippen molar-refractivity contribution in [2.45, 2.75) is 19.8 Å². The van der Waals surface area contributed by atoms with Crippen molar-refractivity contribution in [2.24, 2.45) is 0 Å². The second-order valence-corrected chi connectivity index (χ2v) is 6.67. The summed E-state index contributed by atoms with van der Waals surface area (Å²) in [5, 5.41) is 1.25. The summed E-state index contributed by atoms with van der Waals surface area (Å²) in [5.41, 5.74) is 3.75. The van der Waals surface area contributed by atoms with E-state index in [1.165, 1.54) is 16.5 Å². The van der Waals surface area contributed by atoms with Crippen molar-refractivity contribution in [3.8, 4) is 0 Å². The Morgan fingerprint density at radius 2 is 1.96 bits per heavy atom. The van der Waals surface area contributed by atoms with Gasteiger partial charge in [-0.3, -0.25) is 0 Å². The molecule has 0 amide bonds. The number of nitrogens with zero attached hydrogens (tertiary/aromatic N) is 3. The zero-order chi connectivity index (χ0) is 16.2. The Morgan fingerprint density at radius 1 is 1.17 bits per heavy atom. The lowest BCUT2D eigenvalue weighted by Crippen LogP contribution is -2.37. The Bertz CT molecular complexity index is 663. The Morgan fingerprint density at radius 3 is 2.70 bits per heavy atom. The third kappa shape index (κ3) is 4.01. The molecule has 4 nitrogen and oxygen atoms in total. The van der Waals surface area contributed by atoms with Crippen LogP contribution in [-0.4, -0.2) is 56.8 Å². The highest BCUT2D eigenvalue weighted by Crippen LogP contribution is 2.26. The Balaban J connectivity index is 1.94. The van der Waals surface area contributed by atoms with Gasteiger partial charge in [0.05, 0.1) is 18.7 Å². The van der Waals surface area contributed by atoms with Gasteiger partial charge in [0.1, 0.15) is 5.82 Å². The molecule has 1 fully saturated rings. The molecule has 1 aliphatic rings. The van der Waals surface area contributed by atoms with E-state index in [0.29, 0.717) is 0 Å². The van der Waals surface area contributed by atoms with Crippen LogP contribution in [0.4, 0.5) is 5.82 Å². The summed E-state index contributed by atoms with van der Waals surface area (Å²) in [6.07, 6.45) is 2.23. The molecule has 0 N–H and O–H groups in total. The van der Waals surface area contributed by atoms with Crippen LogP contribution in [0.5, 0.6) is 0 Å². The molecular formula is C19H27N3O. The Kier molecular flexibility index (Phi) is 5.13. The van der Waals surface area contributed by atoms with E-state index in [4.69, 9.17) is 9.72 Å². The molecule has 1 aromatic carbocycles. The lowest BCUT2D eigenvalue weighted by atomic mass is 10.0. The van der Waals surface area contributed by atoms with Crippen LogP contribution in [0.3, 0.4) is 0 Å². The molecular weight excluding hydrogens is 286 g/mol. The molecule has 0 unspecified atom stereocenters. The molecule has 0 spiro atoms. The predicted octanol–water partition coefficient (Wildman–Crippen LogP) is 2.87. The van der Waals surface area contributed by atoms with Gasteiger partial charge in [0.15, 0.2) is 0 Å². The smallest absolute Gasteiger partial charge is 0.132 e. The van der Waals surface area contributed by atoms with Crippen molar-refractivity contribution < 1.29 is 4.74 Å². The van der Waals surface area contributed by atoms with Gasteiger partial charge in [-0.15, -0.1) is 0 Å². The van der Waals surface area contributed by atoms with E-state index in [1.54, 1.807) is 0 Å². The van der Waals surface area contributed by atoms with Gasteiger partial charge < -0.3 is 14.5 Å². The standard InChI is InChI=1S/C19H27N3O/c1-15-6-7-18-17(13-15)14-16(5-4-8-21(2)3)19(20-18)22-9-11-23-12-10-22/h6-7,13-14H,4-5,8-12H2,1-3H3. The average Bonchev–Trinajstić information content (AvgIpc) is 2.54. The van der Waals surface area contributed by atoms with Crippen molar-refractivity contribution in [2.75, 3.05) is 51.8 Å². The van der Waals surface area contributed by atoms with Gasteiger partial charge in [-0.05, 0) is 64.2 Å². The molecule has 0 atom stereocenters. The topological polar surface area (TPSA) is 28.6 Å². The summed E-state index contributed by atoms with van der Waals surface area (Å²) in [6, 6.07) is 8.86. The monoisotopic (exact) mass is 313 g/mol. The largest absolute Gasteiger partial charge is 0.378 e. The van der Waals surface area contributed by atoms with Crippen molar-refractivity contribution >= 4 is 16.7 Å². The third-order valence-corrected chi connectivity index (χ3v) is 4.39. The molecule has 1 saturated heterocycles. The number of morpholine rings is 1. The van der Waals surface area contributed by atoms with E-state index in [1.807, 2.05) is 0 Å². The predicted molar refractivity (Wildman–Crippen MR) is 96.4 cm³/mol. The van der Waals surface area contributed by atoms with Gasteiger partial charge in [0.25, 0.3) is 0 Å². The number of rotatable bonds is 5.